The molecule has 0 aliphatic carbocycles. The van der Waals surface area contributed by atoms with Gasteiger partial charge in [-0.2, -0.15) is 0 Å². The van der Waals surface area contributed by atoms with Gasteiger partial charge in [-0.05, 0) is 29.5 Å². The van der Waals surface area contributed by atoms with Crippen LogP contribution in [0.2, 0.25) is 0 Å². The van der Waals surface area contributed by atoms with E-state index in [-0.39, 0.29) is 5.41 Å². The average molecular weight is 188 g/mol. The molecule has 74 valence electrons. The number of pyridine rings is 1. The Bertz CT molecular complexity index is 461. The summed E-state index contributed by atoms with van der Waals surface area (Å²) in [6.45, 7) is 8.81. The number of nitrogens with zero attached hydrogens (tertiary/aromatic N) is 1. The zero-order valence-corrected chi connectivity index (χ0v) is 9.18. The Kier molecular flexibility index (Phi) is 1.88. The van der Waals surface area contributed by atoms with Crippen LogP contribution in [0.5, 0.6) is 0 Å². The molecule has 0 unspecified atom stereocenters. The molecule has 2 nitrogen and oxygen atoms in total. The molecule has 2 rings (SSSR count). The molecule has 0 fully saturated rings. The lowest BCUT2D eigenvalue weighted by atomic mass is 9.85. The van der Waals surface area contributed by atoms with Crippen molar-refractivity contribution in [1.29, 1.82) is 0 Å². The summed E-state index contributed by atoms with van der Waals surface area (Å²) in [5, 5.41) is 1.28. The molecule has 2 heterocycles. The van der Waals surface area contributed by atoms with Gasteiger partial charge in [-0.25, -0.2) is 4.98 Å². The molecule has 2 aromatic heterocycles. The Hall–Kier alpha value is -1.31. The van der Waals surface area contributed by atoms with Crippen LogP contribution < -0.4 is 0 Å². The van der Waals surface area contributed by atoms with Crippen molar-refractivity contribution in [3.63, 3.8) is 0 Å². The minimum absolute atomic E-state index is 0.175. The van der Waals surface area contributed by atoms with E-state index in [1.165, 1.54) is 16.5 Å². The second-order valence-electron chi connectivity index (χ2n) is 4.80. The van der Waals surface area contributed by atoms with Crippen LogP contribution in [0.4, 0.5) is 0 Å². The fourth-order valence-electron chi connectivity index (χ4n) is 1.84. The molecule has 0 bridgehead atoms. The van der Waals surface area contributed by atoms with Gasteiger partial charge in [0.1, 0.15) is 5.65 Å². The highest BCUT2D eigenvalue weighted by Crippen LogP contribution is 2.30. The van der Waals surface area contributed by atoms with Gasteiger partial charge < -0.3 is 4.98 Å². The summed E-state index contributed by atoms with van der Waals surface area (Å²) in [6, 6.07) is 2.11. The Balaban J connectivity index is 2.82. The summed E-state index contributed by atoms with van der Waals surface area (Å²) in [4.78, 5) is 7.51. The van der Waals surface area contributed by atoms with Crippen molar-refractivity contribution >= 4 is 11.0 Å². The normalized spacial score (nSPS) is 12.3. The number of fused-ring (bicyclic) bond motifs is 1. The Labute approximate surface area is 84.4 Å². The van der Waals surface area contributed by atoms with E-state index in [2.05, 4.69) is 43.7 Å². The van der Waals surface area contributed by atoms with Gasteiger partial charge >= 0.3 is 0 Å². The maximum atomic E-state index is 4.32. The van der Waals surface area contributed by atoms with Gasteiger partial charge in [0.25, 0.3) is 0 Å². The van der Waals surface area contributed by atoms with Gasteiger partial charge in [0.2, 0.25) is 0 Å². The van der Waals surface area contributed by atoms with Crippen LogP contribution in [0, 0.1) is 6.92 Å². The van der Waals surface area contributed by atoms with E-state index >= 15 is 0 Å². The van der Waals surface area contributed by atoms with Crippen molar-refractivity contribution in [2.45, 2.75) is 33.1 Å². The molecule has 1 N–H and O–H groups in total. The second-order valence-corrected chi connectivity index (χ2v) is 4.80. The smallest absolute Gasteiger partial charge is 0.137 e. The third-order valence-corrected chi connectivity index (χ3v) is 2.58. The lowest BCUT2D eigenvalue weighted by molar-refractivity contribution is 0.595. The molecule has 2 aromatic rings. The minimum Gasteiger partial charge on any atom is -0.346 e. The standard InChI is InChI=1S/C12H16N2/c1-8-7-14-11-10(8)9(5-6-13-11)12(2,3)4/h5-7H,1-4H3,(H,13,14). The number of aryl methyl sites for hydroxylation is 1. The third-order valence-electron chi connectivity index (χ3n) is 2.58. The van der Waals surface area contributed by atoms with Crippen LogP contribution in [0.15, 0.2) is 18.5 Å². The molecule has 0 amide bonds. The highest BCUT2D eigenvalue weighted by molar-refractivity contribution is 5.84. The number of hydrogen-bond donors (Lipinski definition) is 1. The van der Waals surface area contributed by atoms with E-state index in [9.17, 15) is 0 Å². The van der Waals surface area contributed by atoms with Crippen LogP contribution in [0.3, 0.4) is 0 Å². The zero-order valence-electron chi connectivity index (χ0n) is 9.18. The van der Waals surface area contributed by atoms with Gasteiger partial charge in [-0.15, -0.1) is 0 Å². The molecule has 0 aliphatic heterocycles. The van der Waals surface area contributed by atoms with E-state index in [1.54, 1.807) is 0 Å². The van der Waals surface area contributed by atoms with Crippen molar-refractivity contribution < 1.29 is 0 Å². The van der Waals surface area contributed by atoms with Crippen LogP contribution in [0.1, 0.15) is 31.9 Å². The quantitative estimate of drug-likeness (QED) is 0.676. The first-order valence-electron chi connectivity index (χ1n) is 4.93. The largest absolute Gasteiger partial charge is 0.346 e. The SMILES string of the molecule is Cc1c[nH]c2nccc(C(C)(C)C)c12. The number of hydrogen-bond acceptors (Lipinski definition) is 1. The summed E-state index contributed by atoms with van der Waals surface area (Å²) in [5.74, 6) is 0. The number of nitrogens with one attached hydrogen (secondary N) is 1. The molecule has 0 saturated heterocycles. The molecule has 2 heteroatoms. The minimum atomic E-state index is 0.175. The summed E-state index contributed by atoms with van der Waals surface area (Å²) >= 11 is 0. The summed E-state index contributed by atoms with van der Waals surface area (Å²) in [6.07, 6.45) is 3.89. The number of aromatic amines is 1. The third kappa shape index (κ3) is 1.31. The Morgan fingerprint density at radius 1 is 1.29 bits per heavy atom. The average Bonchev–Trinajstić information content (AvgIpc) is 2.46. The first-order chi connectivity index (χ1) is 6.50. The lowest BCUT2D eigenvalue weighted by Gasteiger charge is -2.20. The van der Waals surface area contributed by atoms with E-state index in [0.717, 1.165) is 5.65 Å². The summed E-state index contributed by atoms with van der Waals surface area (Å²) in [7, 11) is 0. The molecule has 14 heavy (non-hydrogen) atoms. The van der Waals surface area contributed by atoms with Gasteiger partial charge in [0.15, 0.2) is 0 Å². The van der Waals surface area contributed by atoms with E-state index in [0.29, 0.717) is 0 Å². The number of aromatic nitrogens is 2. The van der Waals surface area contributed by atoms with Crippen molar-refractivity contribution in [3.05, 3.63) is 29.6 Å². The molecule has 0 atom stereocenters. The van der Waals surface area contributed by atoms with E-state index in [1.807, 2.05) is 12.4 Å². The number of H-pyrrole nitrogens is 1. The predicted molar refractivity (Wildman–Crippen MR) is 59.5 cm³/mol. The van der Waals surface area contributed by atoms with Crippen LogP contribution in [-0.4, -0.2) is 9.97 Å². The first kappa shape index (κ1) is 9.25. The van der Waals surface area contributed by atoms with Crippen LogP contribution in [0.25, 0.3) is 11.0 Å². The first-order valence-corrected chi connectivity index (χ1v) is 4.93. The van der Waals surface area contributed by atoms with Crippen molar-refractivity contribution in [1.82, 2.24) is 9.97 Å². The molecule has 0 aromatic carbocycles. The van der Waals surface area contributed by atoms with E-state index in [4.69, 9.17) is 0 Å². The number of rotatable bonds is 0. The van der Waals surface area contributed by atoms with Crippen molar-refractivity contribution in [2.24, 2.45) is 0 Å². The molecule has 0 saturated carbocycles. The van der Waals surface area contributed by atoms with Gasteiger partial charge in [-0.3, -0.25) is 0 Å². The lowest BCUT2D eigenvalue weighted by Crippen LogP contribution is -2.11. The highest BCUT2D eigenvalue weighted by atomic mass is 14.8. The van der Waals surface area contributed by atoms with Crippen molar-refractivity contribution in [3.8, 4) is 0 Å². The maximum absolute atomic E-state index is 4.32. The topological polar surface area (TPSA) is 28.7 Å². The maximum Gasteiger partial charge on any atom is 0.137 e. The second kappa shape index (κ2) is 2.84. The van der Waals surface area contributed by atoms with Crippen molar-refractivity contribution in [2.75, 3.05) is 0 Å². The predicted octanol–water partition coefficient (Wildman–Crippen LogP) is 3.17. The molecular formula is C12H16N2. The monoisotopic (exact) mass is 188 g/mol. The molecule has 0 aliphatic rings. The van der Waals surface area contributed by atoms with Gasteiger partial charge in [0, 0.05) is 17.8 Å². The van der Waals surface area contributed by atoms with Crippen LogP contribution in [-0.2, 0) is 5.41 Å². The fraction of sp³-hybridized carbons (Fsp3) is 0.417. The Morgan fingerprint density at radius 2 is 2.00 bits per heavy atom. The summed E-state index contributed by atoms with van der Waals surface area (Å²) in [5.41, 5.74) is 3.81. The van der Waals surface area contributed by atoms with Gasteiger partial charge in [-0.1, -0.05) is 20.8 Å². The van der Waals surface area contributed by atoms with Gasteiger partial charge in [0.05, 0.1) is 0 Å². The Morgan fingerprint density at radius 3 is 2.64 bits per heavy atom. The molecule has 0 radical (unpaired) electrons. The van der Waals surface area contributed by atoms with E-state index < -0.39 is 0 Å². The molecule has 0 spiro atoms. The zero-order chi connectivity index (χ0) is 10.3. The summed E-state index contributed by atoms with van der Waals surface area (Å²) < 4.78 is 0. The molecular weight excluding hydrogens is 172 g/mol. The van der Waals surface area contributed by atoms with Crippen LogP contribution >= 0.6 is 0 Å². The fourth-order valence-corrected chi connectivity index (χ4v) is 1.84. The highest BCUT2D eigenvalue weighted by Gasteiger charge is 2.18.